The molecule has 0 aliphatic carbocycles. The van der Waals surface area contributed by atoms with Crippen LogP contribution in [-0.2, 0) is 12.0 Å². The summed E-state index contributed by atoms with van der Waals surface area (Å²) in [7, 11) is 2.78. The number of benzene rings is 2. The number of nitrogens with one attached hydrogen (secondary N) is 2. The third kappa shape index (κ3) is 6.49. The molecule has 0 unspecified atom stereocenters. The van der Waals surface area contributed by atoms with Crippen LogP contribution < -0.4 is 15.4 Å². The number of alkyl halides is 3. The predicted octanol–water partition coefficient (Wildman–Crippen LogP) is 6.21. The second kappa shape index (κ2) is 12.0. The molecule has 0 aliphatic heterocycles. The van der Waals surface area contributed by atoms with Crippen LogP contribution in [0.15, 0.2) is 63.9 Å². The zero-order valence-corrected chi connectivity index (χ0v) is 24.5. The summed E-state index contributed by atoms with van der Waals surface area (Å²) in [4.78, 5) is 35.0. The van der Waals surface area contributed by atoms with Crippen molar-refractivity contribution >= 4 is 22.9 Å². The number of rotatable bonds is 9. The molecule has 2 amide bonds. The van der Waals surface area contributed by atoms with Gasteiger partial charge in [-0.05, 0) is 68.3 Å². The second-order valence-corrected chi connectivity index (χ2v) is 10.6. The number of nitrogens with zero attached hydrogens (tertiary/aromatic N) is 3. The molecule has 14 heteroatoms. The van der Waals surface area contributed by atoms with Gasteiger partial charge in [0.15, 0.2) is 5.82 Å². The first-order chi connectivity index (χ1) is 21.3. The van der Waals surface area contributed by atoms with Gasteiger partial charge in [0.1, 0.15) is 17.3 Å². The third-order valence-corrected chi connectivity index (χ3v) is 7.07. The van der Waals surface area contributed by atoms with Crippen molar-refractivity contribution in [3.8, 4) is 28.2 Å². The molecule has 3 heterocycles. The normalized spacial score (nSPS) is 11.9. The number of pyridine rings is 1. The lowest BCUT2D eigenvalue weighted by molar-refractivity contribution is -0.134. The molecule has 0 spiro atoms. The van der Waals surface area contributed by atoms with E-state index in [4.69, 9.17) is 13.7 Å². The van der Waals surface area contributed by atoms with E-state index in [1.165, 1.54) is 56.6 Å². The number of amides is 2. The number of hydrogen-bond donors (Lipinski definition) is 2. The van der Waals surface area contributed by atoms with Gasteiger partial charge in [0.25, 0.3) is 11.8 Å². The molecule has 0 bridgehead atoms. The van der Waals surface area contributed by atoms with E-state index < -0.39 is 42.2 Å². The SMILES string of the molecule is CNC(=O)c1c(-c2ccc(F)cc2)oc2nc(CCC(F)(F)F)c(-c3ccc(OC)c(C(=O)NC(C)(C)c4ncon4)c3)cc12. The highest BCUT2D eigenvalue weighted by molar-refractivity contribution is 6.11. The lowest BCUT2D eigenvalue weighted by atomic mass is 9.96. The highest BCUT2D eigenvalue weighted by atomic mass is 19.4. The Hall–Kier alpha value is -5.27. The standard InChI is InChI=1S/C31H27F4N5O5/c1-30(2,29-37-15-44-40-29)39-26(41)20-13-17(7-10-23(20)43-4)19-14-21-24(27(42)36-3)25(16-5-8-18(32)9-6-16)45-28(21)38-22(19)11-12-31(33,34)35/h5-10,13-15H,11-12H2,1-4H3,(H,36,42)(H,39,41). The molecule has 0 radical (unpaired) electrons. The number of hydrogen-bond acceptors (Lipinski definition) is 8. The van der Waals surface area contributed by atoms with Crippen molar-refractivity contribution in [1.82, 2.24) is 25.8 Å². The minimum absolute atomic E-state index is 0.0198. The van der Waals surface area contributed by atoms with Gasteiger partial charge in [-0.3, -0.25) is 9.59 Å². The number of ether oxygens (including phenoxy) is 1. The van der Waals surface area contributed by atoms with Crippen LogP contribution in [0.1, 0.15) is 52.5 Å². The maximum Gasteiger partial charge on any atom is 0.389 e. The number of aryl methyl sites for hydroxylation is 1. The van der Waals surface area contributed by atoms with Gasteiger partial charge in [0.05, 0.1) is 34.9 Å². The molecule has 10 nitrogen and oxygen atoms in total. The van der Waals surface area contributed by atoms with E-state index in [0.717, 1.165) is 6.39 Å². The fourth-order valence-corrected chi connectivity index (χ4v) is 4.82. The number of halogens is 4. The minimum atomic E-state index is -4.49. The molecule has 3 aromatic heterocycles. The first-order valence-corrected chi connectivity index (χ1v) is 13.6. The number of methoxy groups -OCH3 is 1. The molecular weight excluding hydrogens is 598 g/mol. The highest BCUT2D eigenvalue weighted by Crippen LogP contribution is 2.38. The molecule has 0 atom stereocenters. The Morgan fingerprint density at radius 3 is 2.33 bits per heavy atom. The summed E-state index contributed by atoms with van der Waals surface area (Å²) in [6.07, 6.45) is -5.07. The average molecular weight is 626 g/mol. The molecule has 0 saturated carbocycles. The van der Waals surface area contributed by atoms with Gasteiger partial charge in [-0.15, -0.1) is 0 Å². The first kappa shape index (κ1) is 31.2. The molecule has 2 aromatic carbocycles. The van der Waals surface area contributed by atoms with E-state index in [2.05, 4.69) is 25.8 Å². The van der Waals surface area contributed by atoms with Gasteiger partial charge in [-0.1, -0.05) is 11.2 Å². The summed E-state index contributed by atoms with van der Waals surface area (Å²) in [5, 5.41) is 9.34. The average Bonchev–Trinajstić information content (AvgIpc) is 3.68. The molecule has 2 N–H and O–H groups in total. The topological polar surface area (TPSA) is 132 Å². The van der Waals surface area contributed by atoms with Gasteiger partial charge in [0, 0.05) is 24.6 Å². The van der Waals surface area contributed by atoms with Gasteiger partial charge in [-0.25, -0.2) is 9.37 Å². The highest BCUT2D eigenvalue weighted by Gasteiger charge is 2.31. The maximum absolute atomic E-state index is 13.7. The quantitative estimate of drug-likeness (QED) is 0.185. The van der Waals surface area contributed by atoms with Crippen molar-refractivity contribution in [2.24, 2.45) is 0 Å². The van der Waals surface area contributed by atoms with E-state index in [9.17, 15) is 27.2 Å². The van der Waals surface area contributed by atoms with Crippen LogP contribution in [0.3, 0.4) is 0 Å². The van der Waals surface area contributed by atoms with Crippen molar-refractivity contribution in [2.75, 3.05) is 14.2 Å². The molecule has 234 valence electrons. The Morgan fingerprint density at radius 2 is 1.71 bits per heavy atom. The molecule has 45 heavy (non-hydrogen) atoms. The lowest BCUT2D eigenvalue weighted by Gasteiger charge is -2.23. The van der Waals surface area contributed by atoms with Crippen LogP contribution in [0.25, 0.3) is 33.6 Å². The van der Waals surface area contributed by atoms with Crippen LogP contribution in [0.2, 0.25) is 0 Å². The number of fused-ring (bicyclic) bond motifs is 1. The predicted molar refractivity (Wildman–Crippen MR) is 154 cm³/mol. The van der Waals surface area contributed by atoms with E-state index in [0.29, 0.717) is 11.1 Å². The fourth-order valence-electron chi connectivity index (χ4n) is 4.82. The summed E-state index contributed by atoms with van der Waals surface area (Å²) >= 11 is 0. The van der Waals surface area contributed by atoms with Crippen LogP contribution in [0.4, 0.5) is 17.6 Å². The smallest absolute Gasteiger partial charge is 0.389 e. The van der Waals surface area contributed by atoms with E-state index in [1.54, 1.807) is 19.9 Å². The van der Waals surface area contributed by atoms with Crippen LogP contribution in [0, 0.1) is 5.82 Å². The maximum atomic E-state index is 13.7. The Kier molecular flexibility index (Phi) is 8.32. The second-order valence-electron chi connectivity index (χ2n) is 10.6. The van der Waals surface area contributed by atoms with Gasteiger partial charge < -0.3 is 24.3 Å². The Morgan fingerprint density at radius 1 is 1.00 bits per heavy atom. The van der Waals surface area contributed by atoms with E-state index in [-0.39, 0.29) is 50.8 Å². The van der Waals surface area contributed by atoms with Crippen molar-refractivity contribution in [2.45, 2.75) is 38.4 Å². The van der Waals surface area contributed by atoms with Gasteiger partial charge in [-0.2, -0.15) is 18.2 Å². The zero-order chi connectivity index (χ0) is 32.5. The molecule has 0 fully saturated rings. The molecule has 5 aromatic rings. The Bertz CT molecular complexity index is 1870. The van der Waals surface area contributed by atoms with E-state index >= 15 is 0 Å². The molecule has 5 rings (SSSR count). The van der Waals surface area contributed by atoms with Crippen molar-refractivity contribution in [1.29, 1.82) is 0 Å². The zero-order valence-electron chi connectivity index (χ0n) is 24.5. The Labute approximate surface area is 253 Å². The minimum Gasteiger partial charge on any atom is -0.496 e. The number of carbonyl (C=O) groups excluding carboxylic acids is 2. The lowest BCUT2D eigenvalue weighted by Crippen LogP contribution is -2.42. The largest absolute Gasteiger partial charge is 0.496 e. The number of furan rings is 1. The van der Waals surface area contributed by atoms with Gasteiger partial charge in [0.2, 0.25) is 12.1 Å². The summed E-state index contributed by atoms with van der Waals surface area (Å²) in [5.41, 5.74) is -0.0654. The number of carbonyl (C=O) groups is 2. The molecule has 0 saturated heterocycles. The van der Waals surface area contributed by atoms with Gasteiger partial charge >= 0.3 is 6.18 Å². The summed E-state index contributed by atoms with van der Waals surface area (Å²) in [6.45, 7) is 3.33. The summed E-state index contributed by atoms with van der Waals surface area (Å²) < 4.78 is 69.9. The van der Waals surface area contributed by atoms with E-state index in [1.807, 2.05) is 0 Å². The molecule has 0 aliphatic rings. The Balaban J connectivity index is 1.68. The number of aromatic nitrogens is 3. The summed E-state index contributed by atoms with van der Waals surface area (Å²) in [6, 6.07) is 11.2. The molecular formula is C31H27F4N5O5. The summed E-state index contributed by atoms with van der Waals surface area (Å²) in [5.74, 6) is -1.17. The van der Waals surface area contributed by atoms with Crippen LogP contribution in [-0.4, -0.2) is 47.3 Å². The van der Waals surface area contributed by atoms with Crippen molar-refractivity contribution in [3.63, 3.8) is 0 Å². The monoisotopic (exact) mass is 625 g/mol. The first-order valence-electron chi connectivity index (χ1n) is 13.6. The third-order valence-electron chi connectivity index (χ3n) is 7.07. The fraction of sp³-hybridized carbons (Fsp3) is 0.258. The van der Waals surface area contributed by atoms with Crippen LogP contribution >= 0.6 is 0 Å². The van der Waals surface area contributed by atoms with Crippen molar-refractivity contribution < 1.29 is 40.8 Å². The van der Waals surface area contributed by atoms with Crippen molar-refractivity contribution in [3.05, 3.63) is 83.4 Å². The van der Waals surface area contributed by atoms with Crippen LogP contribution in [0.5, 0.6) is 5.75 Å².